The fraction of sp³-hybridized carbons (Fsp3) is 0.588. The van der Waals surface area contributed by atoms with Crippen LogP contribution >= 0.6 is 0 Å². The smallest absolute Gasteiger partial charge is 0.317 e. The van der Waals surface area contributed by atoms with Gasteiger partial charge in [-0.3, -0.25) is 4.79 Å². The zero-order valence-electron chi connectivity index (χ0n) is 13.6. The quantitative estimate of drug-likeness (QED) is 0.469. The highest BCUT2D eigenvalue weighted by molar-refractivity contribution is 5.77. The Morgan fingerprint density at radius 2 is 1.62 bits per heavy atom. The maximum Gasteiger partial charge on any atom is 0.317 e. The summed E-state index contributed by atoms with van der Waals surface area (Å²) >= 11 is 0. The van der Waals surface area contributed by atoms with Gasteiger partial charge in [0.15, 0.2) is 0 Å². The molecule has 4 nitrogen and oxygen atoms in total. The molecule has 1 saturated heterocycles. The van der Waals surface area contributed by atoms with Crippen LogP contribution < -0.4 is 0 Å². The molecule has 0 aromatic heterocycles. The lowest BCUT2D eigenvalue weighted by Gasteiger charge is -2.30. The molecule has 0 amide bonds. The summed E-state index contributed by atoms with van der Waals surface area (Å²) in [5.74, 6) is 0.149. The SMILES string of the molecule is CC(C)c1ccc(C(C)(C)OC(=O)C(C)(C)C2OO2)cc1. The van der Waals surface area contributed by atoms with Gasteiger partial charge in [0, 0.05) is 0 Å². The summed E-state index contributed by atoms with van der Waals surface area (Å²) < 4.78 is 5.69. The first-order valence-electron chi connectivity index (χ1n) is 7.30. The molecule has 0 N–H and O–H groups in total. The molecule has 1 aliphatic heterocycles. The maximum atomic E-state index is 12.3. The molecule has 0 radical (unpaired) electrons. The van der Waals surface area contributed by atoms with Crippen molar-refractivity contribution in [2.24, 2.45) is 5.41 Å². The van der Waals surface area contributed by atoms with Gasteiger partial charge in [-0.2, -0.15) is 9.78 Å². The highest BCUT2D eigenvalue weighted by Crippen LogP contribution is 2.37. The molecule has 0 unspecified atom stereocenters. The van der Waals surface area contributed by atoms with Gasteiger partial charge in [-0.1, -0.05) is 38.1 Å². The van der Waals surface area contributed by atoms with Crippen molar-refractivity contribution in [3.63, 3.8) is 0 Å². The third-order valence-electron chi connectivity index (χ3n) is 3.93. The van der Waals surface area contributed by atoms with E-state index in [1.807, 2.05) is 26.0 Å². The summed E-state index contributed by atoms with van der Waals surface area (Å²) in [6.07, 6.45) is -0.510. The largest absolute Gasteiger partial charge is 0.454 e. The minimum Gasteiger partial charge on any atom is -0.454 e. The highest BCUT2D eigenvalue weighted by Gasteiger charge is 2.51. The minimum absolute atomic E-state index is 0.331. The predicted molar refractivity (Wildman–Crippen MR) is 79.4 cm³/mol. The molecule has 0 bridgehead atoms. The van der Waals surface area contributed by atoms with Crippen LogP contribution in [0.15, 0.2) is 24.3 Å². The van der Waals surface area contributed by atoms with Gasteiger partial charge in [-0.25, -0.2) is 0 Å². The average Bonchev–Trinajstić information content (AvgIpc) is 3.22. The van der Waals surface area contributed by atoms with E-state index in [0.29, 0.717) is 5.92 Å². The summed E-state index contributed by atoms with van der Waals surface area (Å²) in [6, 6.07) is 8.18. The fourth-order valence-corrected chi connectivity index (χ4v) is 2.06. The van der Waals surface area contributed by atoms with E-state index >= 15 is 0 Å². The predicted octanol–water partition coefficient (Wildman–Crippen LogP) is 3.90. The van der Waals surface area contributed by atoms with Gasteiger partial charge in [0.05, 0.1) is 0 Å². The molecule has 116 valence electrons. The van der Waals surface area contributed by atoms with E-state index < -0.39 is 17.3 Å². The molecule has 0 aliphatic carbocycles. The van der Waals surface area contributed by atoms with Gasteiger partial charge in [0.25, 0.3) is 0 Å². The minimum atomic E-state index is -0.810. The van der Waals surface area contributed by atoms with Crippen molar-refractivity contribution in [3.05, 3.63) is 35.4 Å². The van der Waals surface area contributed by atoms with E-state index in [2.05, 4.69) is 26.0 Å². The number of carbonyl (C=O) groups excluding carboxylic acids is 1. The van der Waals surface area contributed by atoms with Gasteiger partial charge >= 0.3 is 5.97 Å². The monoisotopic (exact) mass is 292 g/mol. The third kappa shape index (κ3) is 3.44. The zero-order chi connectivity index (χ0) is 15.8. The lowest BCUT2D eigenvalue weighted by molar-refractivity contribution is -0.169. The van der Waals surface area contributed by atoms with Crippen LogP contribution in [0.25, 0.3) is 0 Å². The van der Waals surface area contributed by atoms with E-state index in [-0.39, 0.29) is 5.97 Å². The van der Waals surface area contributed by atoms with Gasteiger partial charge in [0.1, 0.15) is 11.0 Å². The van der Waals surface area contributed by atoms with Crippen molar-refractivity contribution < 1.29 is 19.3 Å². The second kappa shape index (κ2) is 5.43. The molecule has 1 aromatic rings. The molecule has 0 saturated carbocycles. The van der Waals surface area contributed by atoms with Crippen LogP contribution in [0.3, 0.4) is 0 Å². The molecule has 2 rings (SSSR count). The number of carbonyl (C=O) groups is 1. The van der Waals surface area contributed by atoms with Crippen LogP contribution in [-0.2, 0) is 24.9 Å². The molecule has 0 atom stereocenters. The Morgan fingerprint density at radius 3 is 2.05 bits per heavy atom. The van der Waals surface area contributed by atoms with E-state index in [9.17, 15) is 4.79 Å². The third-order valence-corrected chi connectivity index (χ3v) is 3.93. The Hall–Kier alpha value is -1.39. The molecule has 1 fully saturated rings. The van der Waals surface area contributed by atoms with Crippen molar-refractivity contribution in [2.45, 2.75) is 59.4 Å². The molecule has 1 aromatic carbocycles. The van der Waals surface area contributed by atoms with Crippen molar-refractivity contribution in [2.75, 3.05) is 0 Å². The molecule has 21 heavy (non-hydrogen) atoms. The Labute approximate surface area is 126 Å². The molecular formula is C17H24O4. The van der Waals surface area contributed by atoms with Crippen molar-refractivity contribution >= 4 is 5.97 Å². The van der Waals surface area contributed by atoms with E-state index in [0.717, 1.165) is 5.56 Å². The topological polar surface area (TPSA) is 51.4 Å². The molecule has 4 heteroatoms. The number of rotatable bonds is 5. The average molecular weight is 292 g/mol. The summed E-state index contributed by atoms with van der Waals surface area (Å²) in [4.78, 5) is 21.8. The van der Waals surface area contributed by atoms with Gasteiger partial charge in [-0.05, 0) is 44.7 Å². The number of hydrogen-bond donors (Lipinski definition) is 0. The Morgan fingerprint density at radius 1 is 1.10 bits per heavy atom. The normalized spacial score (nSPS) is 16.1. The van der Waals surface area contributed by atoms with Gasteiger partial charge < -0.3 is 4.74 Å². The second-order valence-corrected chi connectivity index (χ2v) is 6.92. The van der Waals surface area contributed by atoms with Crippen LogP contribution in [0.1, 0.15) is 58.6 Å². The standard InChI is InChI=1S/C17H24O4/c1-11(2)12-7-9-13(10-8-12)17(5,6)19-14(18)16(3,4)15-20-21-15/h7-11,15H,1-6H3. The van der Waals surface area contributed by atoms with Crippen LogP contribution in [0.2, 0.25) is 0 Å². The van der Waals surface area contributed by atoms with E-state index in [1.165, 1.54) is 5.56 Å². The lowest BCUT2D eigenvalue weighted by atomic mass is 9.91. The summed E-state index contributed by atoms with van der Waals surface area (Å²) in [5, 5.41) is 0. The van der Waals surface area contributed by atoms with Crippen LogP contribution in [0, 0.1) is 5.41 Å². The number of benzene rings is 1. The van der Waals surface area contributed by atoms with Gasteiger partial charge in [-0.15, -0.1) is 0 Å². The zero-order valence-corrected chi connectivity index (χ0v) is 13.6. The molecular weight excluding hydrogens is 268 g/mol. The maximum absolute atomic E-state index is 12.3. The Balaban J connectivity index is 2.12. The summed E-state index contributed by atoms with van der Waals surface area (Å²) in [7, 11) is 0. The lowest BCUT2D eigenvalue weighted by Crippen LogP contribution is -2.37. The molecule has 1 aliphatic rings. The van der Waals surface area contributed by atoms with Crippen molar-refractivity contribution in [1.29, 1.82) is 0 Å². The molecule has 0 spiro atoms. The molecule has 1 heterocycles. The number of esters is 1. The summed E-state index contributed by atoms with van der Waals surface area (Å²) in [5.41, 5.74) is 0.725. The van der Waals surface area contributed by atoms with Crippen molar-refractivity contribution in [3.8, 4) is 0 Å². The number of hydrogen-bond acceptors (Lipinski definition) is 4. The fourth-order valence-electron chi connectivity index (χ4n) is 2.06. The van der Waals surface area contributed by atoms with Crippen molar-refractivity contribution in [1.82, 2.24) is 0 Å². The first-order valence-corrected chi connectivity index (χ1v) is 7.30. The van der Waals surface area contributed by atoms with E-state index in [1.54, 1.807) is 13.8 Å². The Bertz CT molecular complexity index is 510. The number of ether oxygens (including phenoxy) is 1. The van der Waals surface area contributed by atoms with Crippen LogP contribution in [0.5, 0.6) is 0 Å². The summed E-state index contributed by atoms with van der Waals surface area (Å²) in [6.45, 7) is 11.6. The van der Waals surface area contributed by atoms with Crippen LogP contribution in [-0.4, -0.2) is 12.3 Å². The highest BCUT2D eigenvalue weighted by atomic mass is 17.4. The first kappa shape index (κ1) is 16.0. The Kier molecular flexibility index (Phi) is 4.13. The van der Waals surface area contributed by atoms with Crippen LogP contribution in [0.4, 0.5) is 0 Å². The van der Waals surface area contributed by atoms with Gasteiger partial charge in [0.2, 0.25) is 6.29 Å². The second-order valence-electron chi connectivity index (χ2n) is 6.92. The van der Waals surface area contributed by atoms with E-state index in [4.69, 9.17) is 14.5 Å². The first-order chi connectivity index (χ1) is 9.64.